The van der Waals surface area contributed by atoms with Gasteiger partial charge >= 0.3 is 12.7 Å². The molecule has 0 aliphatic carbocycles. The lowest BCUT2D eigenvalue weighted by molar-refractivity contribution is -0.276. The van der Waals surface area contributed by atoms with Crippen molar-refractivity contribution in [3.63, 3.8) is 0 Å². The molecular weight excluding hydrogens is 462 g/mol. The fourth-order valence-electron chi connectivity index (χ4n) is 2.72. The molecule has 0 aliphatic rings. The molecule has 0 heterocycles. The van der Waals surface area contributed by atoms with E-state index in [9.17, 15) is 26.3 Å². The van der Waals surface area contributed by atoms with E-state index in [1.807, 2.05) is 0 Å². The van der Waals surface area contributed by atoms with Gasteiger partial charge in [0.2, 0.25) is 0 Å². The smallest absolute Gasteiger partial charge is 0.405 e. The van der Waals surface area contributed by atoms with E-state index < -0.39 is 12.7 Å². The summed E-state index contributed by atoms with van der Waals surface area (Å²) >= 11 is 5.57. The largest absolute Gasteiger partial charge is 0.573 e. The molecule has 2 aromatic carbocycles. The topological polar surface area (TPSA) is 38.7 Å². The first-order chi connectivity index (χ1) is 14.7. The Morgan fingerprint density at radius 3 is 1.44 bits per heavy atom. The second-order valence-corrected chi connectivity index (χ2v) is 7.71. The van der Waals surface area contributed by atoms with Gasteiger partial charge in [-0.15, -0.1) is 37.9 Å². The third kappa shape index (κ3) is 9.56. The molecule has 3 nitrogen and oxygen atoms in total. The molecule has 0 saturated heterocycles. The van der Waals surface area contributed by atoms with Gasteiger partial charge in [0.1, 0.15) is 11.5 Å². The van der Waals surface area contributed by atoms with E-state index in [1.165, 1.54) is 18.2 Å². The monoisotopic (exact) mass is 486 g/mol. The summed E-state index contributed by atoms with van der Waals surface area (Å²) in [6.45, 7) is 6.85. The Balaban J connectivity index is 0.000000320. The number of hydrogen-bond donors (Lipinski definition) is 1. The van der Waals surface area contributed by atoms with Crippen LogP contribution < -0.4 is 9.47 Å². The first kappa shape index (κ1) is 27.9. The highest BCUT2D eigenvalue weighted by molar-refractivity contribution is 6.17. The van der Waals surface area contributed by atoms with Crippen LogP contribution in [0.1, 0.15) is 61.8 Å². The molecule has 0 amide bonds. The maximum absolute atomic E-state index is 12.2. The third-order valence-corrected chi connectivity index (χ3v) is 4.50. The van der Waals surface area contributed by atoms with E-state index in [0.29, 0.717) is 22.3 Å². The average Bonchev–Trinajstić information content (AvgIpc) is 2.65. The van der Waals surface area contributed by atoms with Crippen molar-refractivity contribution in [2.24, 2.45) is 0 Å². The highest BCUT2D eigenvalue weighted by atomic mass is 35.5. The summed E-state index contributed by atoms with van der Waals surface area (Å²) in [5.74, 6) is -0.367. The van der Waals surface area contributed by atoms with E-state index in [4.69, 9.17) is 16.7 Å². The van der Waals surface area contributed by atoms with Gasteiger partial charge in [0.25, 0.3) is 0 Å². The molecule has 0 bridgehead atoms. The van der Waals surface area contributed by atoms with Crippen LogP contribution in [0.2, 0.25) is 0 Å². The minimum atomic E-state index is -4.71. The number of rotatable bonds is 6. The number of benzene rings is 2. The number of ether oxygens (including phenoxy) is 2. The number of aliphatic hydroxyl groups is 1. The zero-order valence-corrected chi connectivity index (χ0v) is 18.7. The molecule has 0 aliphatic heterocycles. The molecule has 32 heavy (non-hydrogen) atoms. The van der Waals surface area contributed by atoms with Gasteiger partial charge < -0.3 is 14.6 Å². The van der Waals surface area contributed by atoms with Crippen LogP contribution in [0, 0.1) is 0 Å². The lowest BCUT2D eigenvalue weighted by Crippen LogP contribution is -2.18. The maximum Gasteiger partial charge on any atom is 0.573 e. The van der Waals surface area contributed by atoms with E-state index >= 15 is 0 Å². The minimum Gasteiger partial charge on any atom is -0.405 e. The lowest BCUT2D eigenvalue weighted by atomic mass is 10.0. The maximum atomic E-state index is 12.2. The summed E-state index contributed by atoms with van der Waals surface area (Å²) in [7, 11) is 0. The van der Waals surface area contributed by atoms with E-state index in [0.717, 1.165) is 0 Å². The van der Waals surface area contributed by atoms with Gasteiger partial charge in [0, 0.05) is 5.88 Å². The summed E-state index contributed by atoms with van der Waals surface area (Å²) in [5.41, 5.74) is 1.98. The van der Waals surface area contributed by atoms with Crippen molar-refractivity contribution in [2.45, 2.75) is 64.7 Å². The van der Waals surface area contributed by atoms with Gasteiger partial charge in [0.05, 0.1) is 6.61 Å². The second kappa shape index (κ2) is 11.7. The Hall–Kier alpha value is -2.13. The third-order valence-electron chi connectivity index (χ3n) is 4.19. The van der Waals surface area contributed by atoms with Crippen LogP contribution in [0.25, 0.3) is 0 Å². The Morgan fingerprint density at radius 2 is 1.12 bits per heavy atom. The molecule has 2 aromatic rings. The van der Waals surface area contributed by atoms with Crippen LogP contribution in [-0.2, 0) is 12.5 Å². The van der Waals surface area contributed by atoms with Crippen LogP contribution in [0.4, 0.5) is 26.3 Å². The lowest BCUT2D eigenvalue weighted by Gasteiger charge is -2.16. The van der Waals surface area contributed by atoms with Crippen molar-refractivity contribution in [2.75, 3.05) is 0 Å². The number of alkyl halides is 7. The fraction of sp³-hybridized carbons (Fsp3) is 0.455. The number of hydrogen-bond acceptors (Lipinski definition) is 3. The van der Waals surface area contributed by atoms with Gasteiger partial charge in [-0.2, -0.15) is 0 Å². The highest BCUT2D eigenvalue weighted by Crippen LogP contribution is 2.33. The van der Waals surface area contributed by atoms with E-state index in [2.05, 4.69) is 9.47 Å². The molecule has 0 saturated carbocycles. The standard InChI is InChI=1S/C11H12ClF3O.C11H13F3O2/c1-7(2)9-4-3-8(6-12)5-10(9)16-11(13,14)15;1-7(2)9-4-3-8(6-15)5-10(9)16-11(12,13)14/h3-5,7H,6H2,1-2H3;3-5,7,15H,6H2,1-2H3. The SMILES string of the molecule is CC(C)c1ccc(CCl)cc1OC(F)(F)F.CC(C)c1ccc(CO)cc1OC(F)(F)F. The summed E-state index contributed by atoms with van der Waals surface area (Å²) in [5, 5.41) is 8.85. The van der Waals surface area contributed by atoms with Crippen molar-refractivity contribution >= 4 is 11.6 Å². The van der Waals surface area contributed by atoms with Gasteiger partial charge in [-0.25, -0.2) is 0 Å². The molecule has 180 valence electrons. The zero-order chi connectivity index (χ0) is 24.7. The summed E-state index contributed by atoms with van der Waals surface area (Å²) in [6, 6.07) is 8.98. The van der Waals surface area contributed by atoms with Gasteiger partial charge in [-0.05, 0) is 46.2 Å². The fourth-order valence-corrected chi connectivity index (χ4v) is 2.89. The molecule has 0 unspecified atom stereocenters. The minimum absolute atomic E-state index is 0.0401. The van der Waals surface area contributed by atoms with Gasteiger partial charge in [-0.3, -0.25) is 0 Å². The number of aliphatic hydroxyl groups excluding tert-OH is 1. The Labute approximate surface area is 187 Å². The first-order valence-electron chi connectivity index (χ1n) is 9.60. The summed E-state index contributed by atoms with van der Waals surface area (Å²) < 4.78 is 80.8. The van der Waals surface area contributed by atoms with Crippen LogP contribution >= 0.6 is 11.6 Å². The number of halogens is 7. The second-order valence-electron chi connectivity index (χ2n) is 7.44. The van der Waals surface area contributed by atoms with Gasteiger partial charge in [-0.1, -0.05) is 52.0 Å². The van der Waals surface area contributed by atoms with Crippen LogP contribution in [0.3, 0.4) is 0 Å². The molecule has 0 fully saturated rings. The van der Waals surface area contributed by atoms with E-state index in [1.54, 1.807) is 45.9 Å². The summed E-state index contributed by atoms with van der Waals surface area (Å²) in [4.78, 5) is 0. The molecule has 1 N–H and O–H groups in total. The van der Waals surface area contributed by atoms with Crippen molar-refractivity contribution in [3.05, 3.63) is 58.7 Å². The van der Waals surface area contributed by atoms with Crippen molar-refractivity contribution < 1.29 is 40.9 Å². The van der Waals surface area contributed by atoms with Crippen LogP contribution in [0.5, 0.6) is 11.5 Å². The van der Waals surface area contributed by atoms with Gasteiger partial charge in [0.15, 0.2) is 0 Å². The average molecular weight is 487 g/mol. The molecule has 0 aromatic heterocycles. The first-order valence-corrected chi connectivity index (χ1v) is 10.1. The Kier molecular flexibility index (Phi) is 10.2. The summed E-state index contributed by atoms with van der Waals surface area (Å²) in [6.07, 6.45) is -9.38. The van der Waals surface area contributed by atoms with Crippen molar-refractivity contribution in [3.8, 4) is 11.5 Å². The normalized spacial score (nSPS) is 11.9. The Morgan fingerprint density at radius 1 is 0.750 bits per heavy atom. The molecule has 10 heteroatoms. The van der Waals surface area contributed by atoms with Crippen LogP contribution in [0.15, 0.2) is 36.4 Å². The quantitative estimate of drug-likeness (QED) is 0.336. The van der Waals surface area contributed by atoms with Crippen molar-refractivity contribution in [1.29, 1.82) is 0 Å². The predicted octanol–water partition coefficient (Wildman–Crippen LogP) is 7.65. The predicted molar refractivity (Wildman–Crippen MR) is 110 cm³/mol. The Bertz CT molecular complexity index is 792. The zero-order valence-electron chi connectivity index (χ0n) is 17.9. The molecule has 0 radical (unpaired) electrons. The molecular formula is C22H25ClF6O3. The highest BCUT2D eigenvalue weighted by Gasteiger charge is 2.33. The van der Waals surface area contributed by atoms with E-state index in [-0.39, 0.29) is 35.8 Å². The molecule has 0 atom stereocenters. The van der Waals surface area contributed by atoms with Crippen molar-refractivity contribution in [1.82, 2.24) is 0 Å². The molecule has 2 rings (SSSR count). The van der Waals surface area contributed by atoms with Crippen LogP contribution in [-0.4, -0.2) is 17.8 Å². The molecule has 0 spiro atoms.